The van der Waals surface area contributed by atoms with E-state index in [0.29, 0.717) is 29.4 Å². The Labute approximate surface area is 160 Å². The van der Waals surface area contributed by atoms with Gasteiger partial charge in [0.25, 0.3) is 0 Å². The lowest BCUT2D eigenvalue weighted by Crippen LogP contribution is -2.36. The van der Waals surface area contributed by atoms with E-state index < -0.39 is 18.1 Å². The Bertz CT molecular complexity index is 1040. The van der Waals surface area contributed by atoms with Gasteiger partial charge >= 0.3 is 11.6 Å². The topological polar surface area (TPSA) is 93.9 Å². The Morgan fingerprint density at radius 3 is 2.46 bits per heavy atom. The molecular formula is C21H19NO6. The van der Waals surface area contributed by atoms with Crippen LogP contribution >= 0.6 is 0 Å². The Morgan fingerprint density at radius 2 is 1.79 bits per heavy atom. The van der Waals surface area contributed by atoms with Gasteiger partial charge in [0, 0.05) is 17.0 Å². The first-order valence-electron chi connectivity index (χ1n) is 9.13. The molecular weight excluding hydrogens is 362 g/mol. The number of hydrogen-bond acceptors (Lipinski definition) is 6. The first-order chi connectivity index (χ1) is 13.4. The molecule has 0 spiro atoms. The van der Waals surface area contributed by atoms with Crippen molar-refractivity contribution in [3.8, 4) is 0 Å². The van der Waals surface area contributed by atoms with Crippen molar-refractivity contribution in [2.75, 3.05) is 6.54 Å². The van der Waals surface area contributed by atoms with Gasteiger partial charge in [0.15, 0.2) is 0 Å². The fourth-order valence-corrected chi connectivity index (χ4v) is 3.81. The average molecular weight is 381 g/mol. The number of esters is 1. The molecule has 7 nitrogen and oxygen atoms in total. The number of rotatable bonds is 4. The number of amides is 2. The molecule has 2 heterocycles. The van der Waals surface area contributed by atoms with E-state index in [9.17, 15) is 19.2 Å². The summed E-state index contributed by atoms with van der Waals surface area (Å²) < 4.78 is 10.4. The molecule has 0 N–H and O–H groups in total. The maximum Gasteiger partial charge on any atom is 0.336 e. The highest BCUT2D eigenvalue weighted by Gasteiger charge is 2.47. The molecule has 2 amide bonds. The second kappa shape index (κ2) is 7.07. The van der Waals surface area contributed by atoms with Gasteiger partial charge in [0.1, 0.15) is 18.7 Å². The van der Waals surface area contributed by atoms with Crippen molar-refractivity contribution in [1.82, 2.24) is 4.90 Å². The Morgan fingerprint density at radius 1 is 1.11 bits per heavy atom. The third-order valence-electron chi connectivity index (χ3n) is 5.26. The molecule has 28 heavy (non-hydrogen) atoms. The van der Waals surface area contributed by atoms with Crippen molar-refractivity contribution in [1.29, 1.82) is 0 Å². The number of nitrogens with zero attached hydrogens (tertiary/aromatic N) is 1. The normalized spacial score (nSPS) is 21.2. The van der Waals surface area contributed by atoms with E-state index >= 15 is 0 Å². The summed E-state index contributed by atoms with van der Waals surface area (Å²) in [6.07, 6.45) is 4.82. The highest BCUT2D eigenvalue weighted by atomic mass is 16.5. The predicted molar refractivity (Wildman–Crippen MR) is 99.1 cm³/mol. The zero-order chi connectivity index (χ0) is 19.8. The maximum atomic E-state index is 12.4. The largest absolute Gasteiger partial charge is 0.459 e. The van der Waals surface area contributed by atoms with Crippen molar-refractivity contribution >= 4 is 28.8 Å². The first kappa shape index (κ1) is 18.2. The number of fused-ring (bicyclic) bond motifs is 2. The molecule has 1 aromatic carbocycles. The molecule has 2 aromatic rings. The van der Waals surface area contributed by atoms with Crippen LogP contribution in [0.5, 0.6) is 0 Å². The van der Waals surface area contributed by atoms with Crippen LogP contribution in [0, 0.1) is 18.8 Å². The van der Waals surface area contributed by atoms with Crippen LogP contribution in [-0.2, 0) is 25.7 Å². The standard InChI is InChI=1S/C21H19NO6/c1-12-6-7-14-13(9-18(23)28-17(14)8-12)11-27-19(24)10-22-20(25)15-4-2-3-5-16(15)21(22)26/h2-3,6-9,15-16H,4-5,10-11H2,1H3. The van der Waals surface area contributed by atoms with E-state index in [1.807, 2.05) is 25.1 Å². The number of allylic oxidation sites excluding steroid dienone is 2. The van der Waals surface area contributed by atoms with Gasteiger partial charge in [-0.25, -0.2) is 4.79 Å². The molecule has 7 heteroatoms. The van der Waals surface area contributed by atoms with E-state index in [1.54, 1.807) is 12.1 Å². The SMILES string of the molecule is Cc1ccc2c(COC(=O)CN3C(=O)C4CC=CCC4C3=O)cc(=O)oc2c1. The van der Waals surface area contributed by atoms with Gasteiger partial charge in [-0.15, -0.1) is 0 Å². The molecule has 1 saturated heterocycles. The van der Waals surface area contributed by atoms with Crippen molar-refractivity contribution in [2.24, 2.45) is 11.8 Å². The Kier molecular flexibility index (Phi) is 4.58. The summed E-state index contributed by atoms with van der Waals surface area (Å²) in [5, 5.41) is 0.670. The molecule has 1 aromatic heterocycles. The van der Waals surface area contributed by atoms with Gasteiger partial charge in [-0.2, -0.15) is 0 Å². The van der Waals surface area contributed by atoms with Gasteiger partial charge in [0.05, 0.1) is 11.8 Å². The van der Waals surface area contributed by atoms with Gasteiger partial charge < -0.3 is 9.15 Å². The fourth-order valence-electron chi connectivity index (χ4n) is 3.81. The van der Waals surface area contributed by atoms with Crippen LogP contribution in [0.3, 0.4) is 0 Å². The van der Waals surface area contributed by atoms with Gasteiger partial charge in [-0.1, -0.05) is 24.3 Å². The van der Waals surface area contributed by atoms with E-state index in [2.05, 4.69) is 0 Å². The lowest BCUT2D eigenvalue weighted by Gasteiger charge is -2.14. The van der Waals surface area contributed by atoms with Crippen molar-refractivity contribution < 1.29 is 23.5 Å². The van der Waals surface area contributed by atoms with Gasteiger partial charge in [0.2, 0.25) is 11.8 Å². The number of carbonyl (C=O) groups is 3. The third kappa shape index (κ3) is 3.24. The zero-order valence-corrected chi connectivity index (χ0v) is 15.3. The number of ether oxygens (including phenoxy) is 1. The summed E-state index contributed by atoms with van der Waals surface area (Å²) in [6.45, 7) is 1.32. The molecule has 2 atom stereocenters. The second-order valence-electron chi connectivity index (χ2n) is 7.17. The van der Waals surface area contributed by atoms with Crippen LogP contribution in [0.1, 0.15) is 24.0 Å². The number of aryl methyl sites for hydroxylation is 1. The third-order valence-corrected chi connectivity index (χ3v) is 5.26. The van der Waals surface area contributed by atoms with E-state index in [-0.39, 0.29) is 30.3 Å². The summed E-state index contributed by atoms with van der Waals surface area (Å²) >= 11 is 0. The lowest BCUT2D eigenvalue weighted by molar-refractivity contribution is -0.153. The van der Waals surface area contributed by atoms with E-state index in [0.717, 1.165) is 10.5 Å². The van der Waals surface area contributed by atoms with E-state index in [1.165, 1.54) is 6.07 Å². The number of hydrogen-bond donors (Lipinski definition) is 0. The van der Waals surface area contributed by atoms with Crippen LogP contribution in [0.25, 0.3) is 11.0 Å². The quantitative estimate of drug-likeness (QED) is 0.348. The molecule has 1 aliphatic heterocycles. The monoisotopic (exact) mass is 381 g/mol. The van der Waals surface area contributed by atoms with Crippen molar-refractivity contribution in [3.05, 3.63) is 58.0 Å². The first-order valence-corrected chi connectivity index (χ1v) is 9.13. The van der Waals surface area contributed by atoms with Crippen molar-refractivity contribution in [3.63, 3.8) is 0 Å². The number of benzene rings is 1. The van der Waals surface area contributed by atoms with Crippen LogP contribution in [0.2, 0.25) is 0 Å². The number of likely N-dealkylation sites (tertiary alicyclic amines) is 1. The average Bonchev–Trinajstić information content (AvgIpc) is 2.91. The number of carbonyl (C=O) groups excluding carboxylic acids is 3. The zero-order valence-electron chi connectivity index (χ0n) is 15.3. The molecule has 1 fully saturated rings. The summed E-state index contributed by atoms with van der Waals surface area (Å²) in [4.78, 5) is 49.9. The summed E-state index contributed by atoms with van der Waals surface area (Å²) in [6, 6.07) is 6.67. The minimum atomic E-state index is -0.693. The van der Waals surface area contributed by atoms with Crippen LogP contribution < -0.4 is 5.63 Å². The molecule has 0 radical (unpaired) electrons. The summed E-state index contributed by atoms with van der Waals surface area (Å²) in [5.74, 6) is -2.09. The molecule has 0 bridgehead atoms. The molecule has 4 rings (SSSR count). The van der Waals surface area contributed by atoms with Gasteiger partial charge in [-0.3, -0.25) is 19.3 Å². The highest BCUT2D eigenvalue weighted by molar-refractivity contribution is 6.07. The predicted octanol–water partition coefficient (Wildman–Crippen LogP) is 2.10. The maximum absolute atomic E-state index is 12.4. The second-order valence-corrected chi connectivity index (χ2v) is 7.17. The molecule has 2 unspecified atom stereocenters. The molecule has 1 aliphatic carbocycles. The smallest absolute Gasteiger partial charge is 0.336 e. The number of imide groups is 1. The van der Waals surface area contributed by atoms with Crippen LogP contribution in [0.4, 0.5) is 0 Å². The Hall–Kier alpha value is -3.22. The van der Waals surface area contributed by atoms with Crippen molar-refractivity contribution in [2.45, 2.75) is 26.4 Å². The van der Waals surface area contributed by atoms with Crippen LogP contribution in [0.15, 0.2) is 45.6 Å². The van der Waals surface area contributed by atoms with Gasteiger partial charge in [-0.05, 0) is 31.4 Å². The Balaban J connectivity index is 1.46. The molecule has 144 valence electrons. The molecule has 2 aliphatic rings. The molecule has 0 saturated carbocycles. The summed E-state index contributed by atoms with van der Waals surface area (Å²) in [5.41, 5.74) is 1.33. The summed E-state index contributed by atoms with van der Waals surface area (Å²) in [7, 11) is 0. The minimum Gasteiger partial charge on any atom is -0.459 e. The van der Waals surface area contributed by atoms with E-state index in [4.69, 9.17) is 9.15 Å². The minimum absolute atomic E-state index is 0.144. The lowest BCUT2D eigenvalue weighted by atomic mass is 9.85. The van der Waals surface area contributed by atoms with Crippen LogP contribution in [-0.4, -0.2) is 29.2 Å². The highest BCUT2D eigenvalue weighted by Crippen LogP contribution is 2.34. The fraction of sp³-hybridized carbons (Fsp3) is 0.333.